The lowest BCUT2D eigenvalue weighted by molar-refractivity contribution is -0.130. The van der Waals surface area contributed by atoms with Crippen molar-refractivity contribution in [2.24, 2.45) is 11.3 Å². The summed E-state index contributed by atoms with van der Waals surface area (Å²) < 4.78 is 13.2. The third-order valence-corrected chi connectivity index (χ3v) is 6.89. The molecule has 3 atom stereocenters. The number of aromatic amines is 1. The second-order valence-corrected chi connectivity index (χ2v) is 8.86. The number of hydrogen-bond acceptors (Lipinski definition) is 6. The van der Waals surface area contributed by atoms with E-state index in [0.717, 1.165) is 36.2 Å². The van der Waals surface area contributed by atoms with Crippen LogP contribution in [0.25, 0.3) is 11.0 Å². The highest BCUT2D eigenvalue weighted by atomic mass is 19.1. The van der Waals surface area contributed by atoms with E-state index >= 15 is 0 Å². The Balaban J connectivity index is 1.29. The molecule has 5 rings (SSSR count). The van der Waals surface area contributed by atoms with E-state index in [1.807, 2.05) is 12.3 Å². The Kier molecular flexibility index (Phi) is 5.30. The Morgan fingerprint density at radius 2 is 2.06 bits per heavy atom. The summed E-state index contributed by atoms with van der Waals surface area (Å²) in [6.45, 7) is 0.997. The van der Waals surface area contributed by atoms with E-state index in [9.17, 15) is 19.4 Å². The molecule has 32 heavy (non-hydrogen) atoms. The zero-order chi connectivity index (χ0) is 22.3. The number of benzene rings is 1. The SMILES string of the molecule is O=C(NC(CO)[C@@H](O)c1ccc(F)cc1)[C@H]1CCN(c2ncnc3[nH]ccc23)CC12CC2. The lowest BCUT2D eigenvalue weighted by Gasteiger charge is -2.39. The molecule has 1 amide bonds. The van der Waals surface area contributed by atoms with Gasteiger partial charge in [-0.1, -0.05) is 12.1 Å². The molecule has 1 saturated carbocycles. The number of carbonyl (C=O) groups is 1. The molecule has 3 aromatic rings. The van der Waals surface area contributed by atoms with Crippen LogP contribution in [-0.2, 0) is 4.79 Å². The molecule has 1 aliphatic heterocycles. The molecule has 2 aromatic heterocycles. The highest BCUT2D eigenvalue weighted by Crippen LogP contribution is 2.56. The van der Waals surface area contributed by atoms with Gasteiger partial charge < -0.3 is 25.4 Å². The third kappa shape index (κ3) is 3.71. The number of nitrogens with one attached hydrogen (secondary N) is 2. The highest BCUT2D eigenvalue weighted by Gasteiger charge is 2.55. The zero-order valence-corrected chi connectivity index (χ0v) is 17.5. The number of aromatic nitrogens is 3. The standard InChI is InChI=1S/C23H26FN5O3/c24-15-3-1-14(2-4-15)19(31)18(11-30)28-22(32)17-6-10-29(12-23(17)7-8-23)21-16-5-9-25-20(16)26-13-27-21/h1-5,9,13,17-19,30-31H,6-8,10-12H2,(H,28,32)(H,25,26,27)/t17-,18?,19+/m1/s1. The van der Waals surface area contributed by atoms with Gasteiger partial charge >= 0.3 is 0 Å². The second kappa shape index (κ2) is 8.14. The van der Waals surface area contributed by atoms with Crippen molar-refractivity contribution < 1.29 is 19.4 Å². The van der Waals surface area contributed by atoms with Crippen LogP contribution in [-0.4, -0.2) is 56.8 Å². The first kappa shape index (κ1) is 20.8. The fourth-order valence-corrected chi connectivity index (χ4v) is 4.93. The summed E-state index contributed by atoms with van der Waals surface area (Å²) in [5.74, 6) is 0.114. The second-order valence-electron chi connectivity index (χ2n) is 8.86. The van der Waals surface area contributed by atoms with Crippen molar-refractivity contribution in [3.8, 4) is 0 Å². The van der Waals surface area contributed by atoms with Crippen molar-refractivity contribution >= 4 is 22.8 Å². The predicted molar refractivity (Wildman–Crippen MR) is 116 cm³/mol. The number of halogens is 1. The molecule has 9 heteroatoms. The summed E-state index contributed by atoms with van der Waals surface area (Å²) in [6.07, 6.45) is 4.84. The van der Waals surface area contributed by atoms with Crippen LogP contribution in [0.4, 0.5) is 10.2 Å². The molecule has 168 valence electrons. The highest BCUT2D eigenvalue weighted by molar-refractivity contribution is 5.88. The lowest BCUT2D eigenvalue weighted by atomic mass is 9.81. The number of piperidine rings is 1. The predicted octanol–water partition coefficient (Wildman–Crippen LogP) is 1.91. The monoisotopic (exact) mass is 439 g/mol. The van der Waals surface area contributed by atoms with Gasteiger partial charge in [0.1, 0.15) is 29.7 Å². The number of aliphatic hydroxyl groups excluding tert-OH is 2. The quantitative estimate of drug-likeness (QED) is 0.467. The lowest BCUT2D eigenvalue weighted by Crippen LogP contribution is -2.51. The van der Waals surface area contributed by atoms with Gasteiger partial charge in [0.25, 0.3) is 0 Å². The Hall–Kier alpha value is -3.04. The van der Waals surface area contributed by atoms with E-state index in [-0.39, 0.29) is 17.2 Å². The Morgan fingerprint density at radius 3 is 2.78 bits per heavy atom. The van der Waals surface area contributed by atoms with E-state index in [1.54, 1.807) is 6.33 Å². The van der Waals surface area contributed by atoms with E-state index in [1.165, 1.54) is 24.3 Å². The first-order valence-corrected chi connectivity index (χ1v) is 10.9. The number of nitrogens with zero attached hydrogens (tertiary/aromatic N) is 3. The van der Waals surface area contributed by atoms with Gasteiger partial charge in [0, 0.05) is 25.2 Å². The topological polar surface area (TPSA) is 114 Å². The van der Waals surface area contributed by atoms with Crippen LogP contribution >= 0.6 is 0 Å². The van der Waals surface area contributed by atoms with Crippen LogP contribution in [0.2, 0.25) is 0 Å². The maximum Gasteiger partial charge on any atom is 0.224 e. The number of rotatable bonds is 6. The molecule has 8 nitrogen and oxygen atoms in total. The summed E-state index contributed by atoms with van der Waals surface area (Å²) in [5, 5.41) is 24.2. The van der Waals surface area contributed by atoms with Crippen molar-refractivity contribution in [2.45, 2.75) is 31.4 Å². The summed E-state index contributed by atoms with van der Waals surface area (Å²) in [7, 11) is 0. The minimum absolute atomic E-state index is 0.128. The van der Waals surface area contributed by atoms with Gasteiger partial charge in [-0.05, 0) is 48.4 Å². The first-order valence-electron chi connectivity index (χ1n) is 10.9. The molecule has 1 spiro atoms. The molecule has 3 heterocycles. The van der Waals surface area contributed by atoms with Crippen molar-refractivity contribution in [3.63, 3.8) is 0 Å². The first-order chi connectivity index (χ1) is 15.5. The van der Waals surface area contributed by atoms with Gasteiger partial charge in [0.2, 0.25) is 5.91 Å². The van der Waals surface area contributed by atoms with Crippen LogP contribution in [0, 0.1) is 17.2 Å². The minimum Gasteiger partial charge on any atom is -0.394 e. The Morgan fingerprint density at radius 1 is 1.28 bits per heavy atom. The molecule has 2 fully saturated rings. The van der Waals surface area contributed by atoms with E-state index in [2.05, 4.69) is 25.2 Å². The molecule has 1 aliphatic carbocycles. The summed E-state index contributed by atoms with van der Waals surface area (Å²) in [5.41, 5.74) is 1.11. The van der Waals surface area contributed by atoms with Gasteiger partial charge in [-0.3, -0.25) is 4.79 Å². The van der Waals surface area contributed by atoms with Crippen LogP contribution in [0.15, 0.2) is 42.9 Å². The number of carbonyl (C=O) groups excluding carboxylic acids is 1. The molecule has 1 unspecified atom stereocenters. The van der Waals surface area contributed by atoms with E-state index in [4.69, 9.17) is 0 Å². The minimum atomic E-state index is -1.12. The summed E-state index contributed by atoms with van der Waals surface area (Å²) in [4.78, 5) is 27.3. The number of amides is 1. The maximum atomic E-state index is 13.2. The van der Waals surface area contributed by atoms with Crippen molar-refractivity contribution in [1.82, 2.24) is 20.3 Å². The van der Waals surface area contributed by atoms with Crippen molar-refractivity contribution in [1.29, 1.82) is 0 Å². The molecule has 2 aliphatic rings. The molecule has 1 saturated heterocycles. The average molecular weight is 439 g/mol. The molecule has 0 bridgehead atoms. The zero-order valence-electron chi connectivity index (χ0n) is 17.5. The van der Waals surface area contributed by atoms with E-state index < -0.39 is 24.6 Å². The summed E-state index contributed by atoms with van der Waals surface area (Å²) in [6, 6.07) is 6.52. The summed E-state index contributed by atoms with van der Waals surface area (Å²) >= 11 is 0. The van der Waals surface area contributed by atoms with Crippen LogP contribution < -0.4 is 10.2 Å². The van der Waals surface area contributed by atoms with Gasteiger partial charge in [-0.15, -0.1) is 0 Å². The van der Waals surface area contributed by atoms with Gasteiger partial charge in [-0.25, -0.2) is 14.4 Å². The largest absolute Gasteiger partial charge is 0.394 e. The van der Waals surface area contributed by atoms with Gasteiger partial charge in [-0.2, -0.15) is 0 Å². The van der Waals surface area contributed by atoms with Crippen molar-refractivity contribution in [2.75, 3.05) is 24.6 Å². The third-order valence-electron chi connectivity index (χ3n) is 6.89. The number of aliphatic hydroxyl groups is 2. The fraction of sp³-hybridized carbons (Fsp3) is 0.435. The maximum absolute atomic E-state index is 13.2. The normalized spacial score (nSPS) is 21.5. The van der Waals surface area contributed by atoms with Gasteiger partial charge in [0.15, 0.2) is 0 Å². The molecule has 4 N–H and O–H groups in total. The molecular formula is C23H26FN5O3. The Bertz CT molecular complexity index is 1110. The van der Waals surface area contributed by atoms with Crippen LogP contribution in [0.5, 0.6) is 0 Å². The molecule has 0 radical (unpaired) electrons. The smallest absolute Gasteiger partial charge is 0.224 e. The van der Waals surface area contributed by atoms with Crippen LogP contribution in [0.1, 0.15) is 30.9 Å². The van der Waals surface area contributed by atoms with E-state index in [0.29, 0.717) is 18.5 Å². The number of hydrogen-bond donors (Lipinski definition) is 4. The number of fused-ring (bicyclic) bond motifs is 1. The molecular weight excluding hydrogens is 413 g/mol. The molecule has 1 aromatic carbocycles. The Labute approximate surface area is 184 Å². The van der Waals surface area contributed by atoms with Crippen LogP contribution in [0.3, 0.4) is 0 Å². The average Bonchev–Trinajstić information content (AvgIpc) is 3.38. The number of anilines is 1. The number of H-pyrrole nitrogens is 1. The van der Waals surface area contributed by atoms with Gasteiger partial charge in [0.05, 0.1) is 18.0 Å². The van der Waals surface area contributed by atoms with Crippen molar-refractivity contribution in [3.05, 3.63) is 54.2 Å². The fourth-order valence-electron chi connectivity index (χ4n) is 4.93.